The van der Waals surface area contributed by atoms with Gasteiger partial charge in [-0.25, -0.2) is 0 Å². The molecular weight excluding hydrogens is 430 g/mol. The average molecular weight is 450 g/mol. The number of ether oxygens (including phenoxy) is 2. The summed E-state index contributed by atoms with van der Waals surface area (Å²) < 4.78 is 11.1. The number of hydrogen-bond acceptors (Lipinski definition) is 6. The van der Waals surface area contributed by atoms with Crippen molar-refractivity contribution in [1.82, 2.24) is 4.90 Å². The molecule has 1 aliphatic rings. The van der Waals surface area contributed by atoms with Crippen LogP contribution in [0.2, 0.25) is 0 Å². The number of carbonyl (C=O) groups is 1. The minimum atomic E-state index is -0.388. The number of nitrogens with zero attached hydrogens (tertiary/aromatic N) is 3. The first-order valence-corrected chi connectivity index (χ1v) is 9.44. The molecular formula is C19H20BrN3O5. The third-order valence-electron chi connectivity index (χ3n) is 4.67. The number of piperazine rings is 1. The molecule has 2 aromatic rings. The molecule has 1 heterocycles. The second-order valence-corrected chi connectivity index (χ2v) is 7.15. The molecule has 1 fully saturated rings. The third kappa shape index (κ3) is 4.04. The maximum Gasteiger partial charge on any atom is 0.293 e. The normalized spacial score (nSPS) is 14.0. The van der Waals surface area contributed by atoms with E-state index in [0.29, 0.717) is 53.4 Å². The van der Waals surface area contributed by atoms with Crippen LogP contribution in [0, 0.1) is 10.1 Å². The monoisotopic (exact) mass is 449 g/mol. The van der Waals surface area contributed by atoms with E-state index in [1.165, 1.54) is 13.2 Å². The van der Waals surface area contributed by atoms with Gasteiger partial charge in [-0.05, 0) is 30.3 Å². The van der Waals surface area contributed by atoms with Gasteiger partial charge in [-0.15, -0.1) is 0 Å². The van der Waals surface area contributed by atoms with Crippen molar-refractivity contribution in [3.05, 3.63) is 56.5 Å². The lowest BCUT2D eigenvalue weighted by molar-refractivity contribution is -0.384. The van der Waals surface area contributed by atoms with Crippen LogP contribution in [-0.2, 0) is 0 Å². The standard InChI is InChI=1S/C19H20BrN3O5/c1-27-17-6-3-13(11-18(17)28-2)19(24)22-9-7-21(8-10-22)15-5-4-14(20)12-16(15)23(25)26/h3-6,11-12H,7-10H2,1-2H3. The lowest BCUT2D eigenvalue weighted by Crippen LogP contribution is -2.49. The van der Waals surface area contributed by atoms with E-state index in [1.807, 2.05) is 4.90 Å². The molecule has 0 atom stereocenters. The van der Waals surface area contributed by atoms with E-state index in [-0.39, 0.29) is 16.5 Å². The summed E-state index contributed by atoms with van der Waals surface area (Å²) in [5, 5.41) is 11.4. The Bertz CT molecular complexity index is 897. The van der Waals surface area contributed by atoms with Crippen molar-refractivity contribution in [2.24, 2.45) is 0 Å². The summed E-state index contributed by atoms with van der Waals surface area (Å²) in [4.78, 5) is 27.5. The van der Waals surface area contributed by atoms with Crippen LogP contribution in [0.15, 0.2) is 40.9 Å². The van der Waals surface area contributed by atoms with E-state index in [0.717, 1.165) is 0 Å². The zero-order valence-corrected chi connectivity index (χ0v) is 17.1. The number of halogens is 1. The predicted octanol–water partition coefficient (Wildman–Crippen LogP) is 3.34. The molecule has 1 saturated heterocycles. The van der Waals surface area contributed by atoms with Crippen LogP contribution in [0.1, 0.15) is 10.4 Å². The van der Waals surface area contributed by atoms with E-state index < -0.39 is 0 Å². The molecule has 9 heteroatoms. The van der Waals surface area contributed by atoms with Crippen LogP contribution in [0.25, 0.3) is 0 Å². The van der Waals surface area contributed by atoms with Crippen molar-refractivity contribution < 1.29 is 19.2 Å². The summed E-state index contributed by atoms with van der Waals surface area (Å²) in [5.41, 5.74) is 1.13. The molecule has 0 aliphatic carbocycles. The fourth-order valence-electron chi connectivity index (χ4n) is 3.21. The van der Waals surface area contributed by atoms with Gasteiger partial charge in [-0.3, -0.25) is 14.9 Å². The minimum absolute atomic E-state index is 0.0500. The summed E-state index contributed by atoms with van der Waals surface area (Å²) >= 11 is 3.27. The molecule has 148 valence electrons. The number of methoxy groups -OCH3 is 2. The van der Waals surface area contributed by atoms with Crippen LogP contribution in [0.4, 0.5) is 11.4 Å². The Hall–Kier alpha value is -2.81. The van der Waals surface area contributed by atoms with Crippen molar-refractivity contribution >= 4 is 33.2 Å². The number of benzene rings is 2. The van der Waals surface area contributed by atoms with E-state index in [1.54, 1.807) is 42.3 Å². The molecule has 0 radical (unpaired) electrons. The molecule has 0 saturated carbocycles. The van der Waals surface area contributed by atoms with Gasteiger partial charge in [0, 0.05) is 42.3 Å². The second-order valence-electron chi connectivity index (χ2n) is 6.24. The molecule has 28 heavy (non-hydrogen) atoms. The molecule has 0 N–H and O–H groups in total. The molecule has 0 spiro atoms. The molecule has 1 aliphatic heterocycles. The number of amides is 1. The molecule has 2 aromatic carbocycles. The van der Waals surface area contributed by atoms with Crippen molar-refractivity contribution in [2.45, 2.75) is 0 Å². The number of hydrogen-bond donors (Lipinski definition) is 0. The molecule has 3 rings (SSSR count). The van der Waals surface area contributed by atoms with Crippen LogP contribution in [-0.4, -0.2) is 56.1 Å². The molecule has 8 nitrogen and oxygen atoms in total. The van der Waals surface area contributed by atoms with Gasteiger partial charge >= 0.3 is 0 Å². The number of carbonyl (C=O) groups excluding carboxylic acids is 1. The summed E-state index contributed by atoms with van der Waals surface area (Å²) in [6, 6.07) is 10.1. The first kappa shape index (κ1) is 19.9. The van der Waals surface area contributed by atoms with Gasteiger partial charge in [0.05, 0.1) is 19.1 Å². The van der Waals surface area contributed by atoms with Gasteiger partial charge in [0.1, 0.15) is 5.69 Å². The number of rotatable bonds is 5. The zero-order chi connectivity index (χ0) is 20.3. The SMILES string of the molecule is COc1ccc(C(=O)N2CCN(c3ccc(Br)cc3[N+](=O)[O-])CC2)cc1OC. The third-order valence-corrected chi connectivity index (χ3v) is 5.17. The number of nitro benzene ring substituents is 1. The van der Waals surface area contributed by atoms with Gasteiger partial charge in [-0.2, -0.15) is 0 Å². The first-order chi connectivity index (χ1) is 13.4. The van der Waals surface area contributed by atoms with Gasteiger partial charge < -0.3 is 19.3 Å². The second kappa shape index (κ2) is 8.47. The van der Waals surface area contributed by atoms with Gasteiger partial charge in [-0.1, -0.05) is 15.9 Å². The fraction of sp³-hybridized carbons (Fsp3) is 0.316. The number of nitro groups is 1. The van der Waals surface area contributed by atoms with Crippen LogP contribution in [0.3, 0.4) is 0 Å². The Balaban J connectivity index is 1.72. The van der Waals surface area contributed by atoms with Crippen molar-refractivity contribution in [3.8, 4) is 11.5 Å². The quantitative estimate of drug-likeness (QED) is 0.513. The predicted molar refractivity (Wildman–Crippen MR) is 108 cm³/mol. The molecule has 0 unspecified atom stereocenters. The van der Waals surface area contributed by atoms with E-state index >= 15 is 0 Å². The summed E-state index contributed by atoms with van der Waals surface area (Å²) in [6.45, 7) is 1.98. The smallest absolute Gasteiger partial charge is 0.293 e. The van der Waals surface area contributed by atoms with Crippen LogP contribution < -0.4 is 14.4 Å². The van der Waals surface area contributed by atoms with Crippen LogP contribution >= 0.6 is 15.9 Å². The van der Waals surface area contributed by atoms with E-state index in [4.69, 9.17) is 9.47 Å². The Labute approximate surface area is 170 Å². The van der Waals surface area contributed by atoms with Gasteiger partial charge in [0.2, 0.25) is 0 Å². The molecule has 0 aromatic heterocycles. The average Bonchev–Trinajstić information content (AvgIpc) is 2.72. The van der Waals surface area contributed by atoms with E-state index in [9.17, 15) is 14.9 Å². The molecule has 0 bridgehead atoms. The Kier molecular flexibility index (Phi) is 6.03. The fourth-order valence-corrected chi connectivity index (χ4v) is 3.56. The largest absolute Gasteiger partial charge is 0.493 e. The topological polar surface area (TPSA) is 85.2 Å². The van der Waals surface area contributed by atoms with Gasteiger partial charge in [0.15, 0.2) is 11.5 Å². The maximum atomic E-state index is 12.8. The highest BCUT2D eigenvalue weighted by Gasteiger charge is 2.27. The summed E-state index contributed by atoms with van der Waals surface area (Å²) in [6.07, 6.45) is 0. The van der Waals surface area contributed by atoms with Gasteiger partial charge in [0.25, 0.3) is 11.6 Å². The highest BCUT2D eigenvalue weighted by atomic mass is 79.9. The Morgan fingerprint density at radius 3 is 2.32 bits per heavy atom. The highest BCUT2D eigenvalue weighted by molar-refractivity contribution is 9.10. The van der Waals surface area contributed by atoms with Crippen LogP contribution in [0.5, 0.6) is 11.5 Å². The summed E-state index contributed by atoms with van der Waals surface area (Å²) in [5.74, 6) is 0.954. The zero-order valence-electron chi connectivity index (χ0n) is 15.6. The summed E-state index contributed by atoms with van der Waals surface area (Å²) in [7, 11) is 3.07. The Morgan fingerprint density at radius 2 is 1.71 bits per heavy atom. The highest BCUT2D eigenvalue weighted by Crippen LogP contribution is 2.32. The first-order valence-electron chi connectivity index (χ1n) is 8.64. The van der Waals surface area contributed by atoms with E-state index in [2.05, 4.69) is 15.9 Å². The van der Waals surface area contributed by atoms with Crippen molar-refractivity contribution in [3.63, 3.8) is 0 Å². The lowest BCUT2D eigenvalue weighted by Gasteiger charge is -2.36. The van der Waals surface area contributed by atoms with Crippen molar-refractivity contribution in [1.29, 1.82) is 0 Å². The lowest BCUT2D eigenvalue weighted by atomic mass is 10.1. The number of anilines is 1. The molecule has 1 amide bonds. The Morgan fingerprint density at radius 1 is 1.04 bits per heavy atom. The van der Waals surface area contributed by atoms with Crippen molar-refractivity contribution in [2.75, 3.05) is 45.3 Å². The minimum Gasteiger partial charge on any atom is -0.493 e. The maximum absolute atomic E-state index is 12.8.